The average molecular weight is 289 g/mol. The highest BCUT2D eigenvalue weighted by Crippen LogP contribution is 2.16. The molecule has 4 nitrogen and oxygen atoms in total. The maximum atomic E-state index is 13.0. The molecule has 0 aliphatic carbocycles. The summed E-state index contributed by atoms with van der Waals surface area (Å²) < 4.78 is 39.7. The van der Waals surface area contributed by atoms with Gasteiger partial charge in [-0.1, -0.05) is 13.3 Å². The molecule has 0 saturated carbocycles. The van der Waals surface area contributed by atoms with Gasteiger partial charge in [0.2, 0.25) is 10.0 Å². The Bertz CT molecular complexity index is 517. The number of hydrogen-bond acceptors (Lipinski definition) is 3. The van der Waals surface area contributed by atoms with E-state index >= 15 is 0 Å². The molecule has 0 aliphatic rings. The summed E-state index contributed by atoms with van der Waals surface area (Å²) in [5, 5.41) is 8.87. The lowest BCUT2D eigenvalue weighted by molar-refractivity contribution is 0.254. The summed E-state index contributed by atoms with van der Waals surface area (Å²) in [7, 11) is -3.63. The van der Waals surface area contributed by atoms with Gasteiger partial charge < -0.3 is 5.11 Å². The van der Waals surface area contributed by atoms with Crippen LogP contribution in [0.25, 0.3) is 0 Å². The number of rotatable bonds is 7. The predicted octanol–water partition coefficient (Wildman–Crippen LogP) is 1.82. The quantitative estimate of drug-likeness (QED) is 0.804. The monoisotopic (exact) mass is 289 g/mol. The molecule has 0 radical (unpaired) electrons. The van der Waals surface area contributed by atoms with E-state index in [1.165, 1.54) is 12.1 Å². The van der Waals surface area contributed by atoms with E-state index in [4.69, 9.17) is 5.11 Å². The lowest BCUT2D eigenvalue weighted by Crippen LogP contribution is -2.30. The van der Waals surface area contributed by atoms with Crippen molar-refractivity contribution in [1.82, 2.24) is 4.72 Å². The lowest BCUT2D eigenvalue weighted by atomic mass is 10.0. The minimum absolute atomic E-state index is 0.0375. The molecule has 1 unspecified atom stereocenters. The first-order valence-corrected chi connectivity index (χ1v) is 7.75. The van der Waals surface area contributed by atoms with Gasteiger partial charge in [-0.15, -0.1) is 0 Å². The normalized spacial score (nSPS) is 13.5. The molecular weight excluding hydrogens is 269 g/mol. The number of aryl methyl sites for hydroxylation is 1. The molecule has 0 fully saturated rings. The lowest BCUT2D eigenvalue weighted by Gasteiger charge is -2.15. The summed E-state index contributed by atoms with van der Waals surface area (Å²) >= 11 is 0. The van der Waals surface area contributed by atoms with Gasteiger partial charge in [0.25, 0.3) is 0 Å². The second-order valence-electron chi connectivity index (χ2n) is 4.55. The highest BCUT2D eigenvalue weighted by Gasteiger charge is 2.18. The van der Waals surface area contributed by atoms with Gasteiger partial charge >= 0.3 is 0 Å². The van der Waals surface area contributed by atoms with Gasteiger partial charge in [0.05, 0.1) is 4.90 Å². The molecule has 0 aromatic heterocycles. The van der Waals surface area contributed by atoms with Gasteiger partial charge in [0.1, 0.15) is 5.82 Å². The minimum Gasteiger partial charge on any atom is -0.396 e. The van der Waals surface area contributed by atoms with E-state index < -0.39 is 15.8 Å². The SMILES string of the molecule is CCC(CCO)CNS(=O)(=O)c1ccc(F)cc1C. The second kappa shape index (κ2) is 6.98. The molecule has 0 heterocycles. The van der Waals surface area contributed by atoms with E-state index in [2.05, 4.69) is 4.72 Å². The Hall–Kier alpha value is -0.980. The summed E-state index contributed by atoms with van der Waals surface area (Å²) in [5.74, 6) is -0.358. The molecular formula is C13H20FNO3S. The molecule has 19 heavy (non-hydrogen) atoms. The van der Waals surface area contributed by atoms with Gasteiger partial charge in [0.15, 0.2) is 0 Å². The van der Waals surface area contributed by atoms with Crippen LogP contribution in [0.3, 0.4) is 0 Å². The molecule has 1 atom stereocenters. The van der Waals surface area contributed by atoms with Crippen molar-refractivity contribution in [2.24, 2.45) is 5.92 Å². The maximum absolute atomic E-state index is 13.0. The second-order valence-corrected chi connectivity index (χ2v) is 6.28. The van der Waals surface area contributed by atoms with Crippen LogP contribution in [0.5, 0.6) is 0 Å². The van der Waals surface area contributed by atoms with Crippen LogP contribution >= 0.6 is 0 Å². The van der Waals surface area contributed by atoms with E-state index in [-0.39, 0.29) is 24.0 Å². The summed E-state index contributed by atoms with van der Waals surface area (Å²) in [6.45, 7) is 3.81. The fourth-order valence-electron chi connectivity index (χ4n) is 1.85. The van der Waals surface area contributed by atoms with Crippen molar-refractivity contribution in [3.05, 3.63) is 29.6 Å². The molecule has 0 bridgehead atoms. The first-order chi connectivity index (χ1) is 8.90. The Labute approximate surface area is 113 Å². The van der Waals surface area contributed by atoms with E-state index in [1.54, 1.807) is 6.92 Å². The van der Waals surface area contributed by atoms with Crippen LogP contribution in [-0.2, 0) is 10.0 Å². The van der Waals surface area contributed by atoms with Crippen LogP contribution in [0.1, 0.15) is 25.3 Å². The number of aliphatic hydroxyl groups is 1. The fraction of sp³-hybridized carbons (Fsp3) is 0.538. The molecule has 0 amide bonds. The number of aliphatic hydroxyl groups excluding tert-OH is 1. The van der Waals surface area contributed by atoms with Crippen LogP contribution in [-0.4, -0.2) is 26.7 Å². The summed E-state index contributed by atoms with van der Waals surface area (Å²) in [6.07, 6.45) is 1.34. The Morgan fingerprint density at radius 3 is 2.63 bits per heavy atom. The molecule has 1 aromatic carbocycles. The van der Waals surface area contributed by atoms with Crippen molar-refractivity contribution < 1.29 is 17.9 Å². The third-order valence-corrected chi connectivity index (χ3v) is 4.69. The third-order valence-electron chi connectivity index (χ3n) is 3.10. The number of halogens is 1. The van der Waals surface area contributed by atoms with E-state index in [1.807, 2.05) is 6.92 Å². The Kier molecular flexibility index (Phi) is 5.90. The van der Waals surface area contributed by atoms with Crippen LogP contribution in [0.4, 0.5) is 4.39 Å². The van der Waals surface area contributed by atoms with E-state index in [0.29, 0.717) is 12.0 Å². The Balaban J connectivity index is 2.81. The van der Waals surface area contributed by atoms with Gasteiger partial charge in [-0.3, -0.25) is 0 Å². The standard InChI is InChI=1S/C13H20FNO3S/c1-3-11(6-7-16)9-15-19(17,18)13-5-4-12(14)8-10(13)2/h4-5,8,11,15-16H,3,6-7,9H2,1-2H3. The minimum atomic E-state index is -3.63. The first kappa shape index (κ1) is 16.1. The van der Waals surface area contributed by atoms with Crippen LogP contribution < -0.4 is 4.72 Å². The van der Waals surface area contributed by atoms with Gasteiger partial charge in [-0.2, -0.15) is 0 Å². The first-order valence-electron chi connectivity index (χ1n) is 6.27. The topological polar surface area (TPSA) is 66.4 Å². The molecule has 108 valence electrons. The molecule has 0 saturated heterocycles. The van der Waals surface area contributed by atoms with Crippen molar-refractivity contribution in [3.8, 4) is 0 Å². The number of sulfonamides is 1. The number of hydrogen-bond donors (Lipinski definition) is 2. The molecule has 6 heteroatoms. The summed E-state index contributed by atoms with van der Waals surface area (Å²) in [4.78, 5) is 0.0905. The van der Waals surface area contributed by atoms with Crippen molar-refractivity contribution in [3.63, 3.8) is 0 Å². The molecule has 1 rings (SSSR count). The summed E-state index contributed by atoms with van der Waals surface area (Å²) in [6, 6.07) is 3.59. The zero-order valence-corrected chi connectivity index (χ0v) is 12.0. The zero-order chi connectivity index (χ0) is 14.5. The summed E-state index contributed by atoms with van der Waals surface area (Å²) in [5.41, 5.74) is 0.378. The smallest absolute Gasteiger partial charge is 0.240 e. The number of benzene rings is 1. The van der Waals surface area contributed by atoms with Crippen molar-refractivity contribution in [2.75, 3.05) is 13.2 Å². The average Bonchev–Trinajstić information content (AvgIpc) is 2.34. The highest BCUT2D eigenvalue weighted by atomic mass is 32.2. The van der Waals surface area contributed by atoms with Gasteiger partial charge in [-0.05, 0) is 43.0 Å². The zero-order valence-electron chi connectivity index (χ0n) is 11.2. The molecule has 0 aliphatic heterocycles. The van der Waals surface area contributed by atoms with E-state index in [0.717, 1.165) is 12.5 Å². The van der Waals surface area contributed by atoms with Crippen LogP contribution in [0, 0.1) is 18.7 Å². The van der Waals surface area contributed by atoms with E-state index in [9.17, 15) is 12.8 Å². The van der Waals surface area contributed by atoms with Crippen LogP contribution in [0.2, 0.25) is 0 Å². The van der Waals surface area contributed by atoms with Gasteiger partial charge in [0, 0.05) is 13.2 Å². The molecule has 1 aromatic rings. The number of nitrogens with one attached hydrogen (secondary N) is 1. The fourth-order valence-corrected chi connectivity index (χ4v) is 3.19. The highest BCUT2D eigenvalue weighted by molar-refractivity contribution is 7.89. The largest absolute Gasteiger partial charge is 0.396 e. The van der Waals surface area contributed by atoms with Crippen LogP contribution in [0.15, 0.2) is 23.1 Å². The Morgan fingerprint density at radius 2 is 2.11 bits per heavy atom. The van der Waals surface area contributed by atoms with Crippen molar-refractivity contribution in [1.29, 1.82) is 0 Å². The van der Waals surface area contributed by atoms with Crippen molar-refractivity contribution in [2.45, 2.75) is 31.6 Å². The predicted molar refractivity (Wildman–Crippen MR) is 71.8 cm³/mol. The maximum Gasteiger partial charge on any atom is 0.240 e. The van der Waals surface area contributed by atoms with Gasteiger partial charge in [-0.25, -0.2) is 17.5 Å². The molecule has 2 N–H and O–H groups in total. The Morgan fingerprint density at radius 1 is 1.42 bits per heavy atom. The molecule has 0 spiro atoms. The third kappa shape index (κ3) is 4.56. The van der Waals surface area contributed by atoms with Crippen molar-refractivity contribution >= 4 is 10.0 Å².